The number of amides is 2. The maximum Gasteiger partial charge on any atom is 0.322 e. The molecule has 0 unspecified atom stereocenters. The van der Waals surface area contributed by atoms with Crippen LogP contribution in [0.4, 0.5) is 10.5 Å². The Labute approximate surface area is 113 Å². The summed E-state index contributed by atoms with van der Waals surface area (Å²) in [6.45, 7) is 4.34. The minimum absolute atomic E-state index is 0.0369. The number of rotatable bonds is 5. The van der Waals surface area contributed by atoms with Gasteiger partial charge in [0.1, 0.15) is 0 Å². The van der Waals surface area contributed by atoms with E-state index in [1.165, 1.54) is 6.92 Å². The summed E-state index contributed by atoms with van der Waals surface area (Å²) in [6, 6.07) is 6.59. The maximum absolute atomic E-state index is 12.0. The minimum atomic E-state index is -0.250. The average Bonchev–Trinajstić information content (AvgIpc) is 2.38. The predicted octanol–water partition coefficient (Wildman–Crippen LogP) is 2.77. The monoisotopic (exact) mass is 258 g/mol. The number of hydrogen-bond acceptors (Lipinski definition) is 2. The number of carbonyl (C=O) groups is 2. The van der Waals surface area contributed by atoms with Crippen LogP contribution in [0.25, 0.3) is 0 Å². The van der Waals surface area contributed by atoms with Crippen molar-refractivity contribution < 1.29 is 9.59 Å². The van der Waals surface area contributed by atoms with Crippen LogP contribution in [0.5, 0.6) is 0 Å². The van der Waals surface area contributed by atoms with Crippen LogP contribution in [0.2, 0.25) is 0 Å². The Bertz CT molecular complexity index is 503. The van der Waals surface area contributed by atoms with Gasteiger partial charge in [0.05, 0.1) is 6.54 Å². The molecule has 0 spiro atoms. The second kappa shape index (κ2) is 7.22. The number of terminal acetylenes is 1. The van der Waals surface area contributed by atoms with Crippen LogP contribution in [-0.2, 0) is 0 Å². The Morgan fingerprint density at radius 1 is 1.42 bits per heavy atom. The normalized spacial score (nSPS) is 9.53. The number of urea groups is 1. The molecule has 0 fully saturated rings. The summed E-state index contributed by atoms with van der Waals surface area (Å²) in [4.78, 5) is 24.8. The fourth-order valence-corrected chi connectivity index (χ4v) is 1.65. The lowest BCUT2D eigenvalue weighted by atomic mass is 10.1. The predicted molar refractivity (Wildman–Crippen MR) is 76.2 cm³/mol. The fourth-order valence-electron chi connectivity index (χ4n) is 1.65. The van der Waals surface area contributed by atoms with Gasteiger partial charge in [0.2, 0.25) is 0 Å². The standard InChI is InChI=1S/C15H18N2O2/c1-4-9-17(10-5-2)15(19)16-14-8-6-7-13(11-14)12(3)18/h1,6-8,11H,5,9-10H2,2-3H3,(H,16,19). The van der Waals surface area contributed by atoms with Gasteiger partial charge in [-0.15, -0.1) is 6.42 Å². The highest BCUT2D eigenvalue weighted by Crippen LogP contribution is 2.12. The lowest BCUT2D eigenvalue weighted by Crippen LogP contribution is -2.35. The van der Waals surface area contributed by atoms with Crippen molar-refractivity contribution in [2.24, 2.45) is 0 Å². The molecule has 1 rings (SSSR count). The van der Waals surface area contributed by atoms with Crippen molar-refractivity contribution in [1.29, 1.82) is 0 Å². The first-order chi connectivity index (χ1) is 9.08. The quantitative estimate of drug-likeness (QED) is 0.652. The average molecular weight is 258 g/mol. The first-order valence-corrected chi connectivity index (χ1v) is 6.19. The fraction of sp³-hybridized carbons (Fsp3) is 0.333. The summed E-state index contributed by atoms with van der Waals surface area (Å²) >= 11 is 0. The van der Waals surface area contributed by atoms with Gasteiger partial charge in [0.15, 0.2) is 5.78 Å². The minimum Gasteiger partial charge on any atom is -0.313 e. The van der Waals surface area contributed by atoms with E-state index in [2.05, 4.69) is 11.2 Å². The van der Waals surface area contributed by atoms with Crippen LogP contribution in [-0.4, -0.2) is 29.8 Å². The van der Waals surface area contributed by atoms with Gasteiger partial charge in [-0.05, 0) is 25.5 Å². The van der Waals surface area contributed by atoms with E-state index < -0.39 is 0 Å². The molecule has 0 radical (unpaired) electrons. The molecule has 0 heterocycles. The van der Waals surface area contributed by atoms with E-state index in [0.717, 1.165) is 6.42 Å². The zero-order valence-electron chi connectivity index (χ0n) is 11.3. The maximum atomic E-state index is 12.0. The van der Waals surface area contributed by atoms with Crippen molar-refractivity contribution in [3.8, 4) is 12.3 Å². The molecule has 4 heteroatoms. The molecule has 19 heavy (non-hydrogen) atoms. The molecular formula is C15H18N2O2. The lowest BCUT2D eigenvalue weighted by Gasteiger charge is -2.20. The highest BCUT2D eigenvalue weighted by molar-refractivity contribution is 5.96. The van der Waals surface area contributed by atoms with E-state index in [-0.39, 0.29) is 18.4 Å². The van der Waals surface area contributed by atoms with Crippen molar-refractivity contribution in [1.82, 2.24) is 4.90 Å². The van der Waals surface area contributed by atoms with Crippen LogP contribution in [0, 0.1) is 12.3 Å². The Hall–Kier alpha value is -2.28. The lowest BCUT2D eigenvalue weighted by molar-refractivity contribution is 0.101. The van der Waals surface area contributed by atoms with E-state index >= 15 is 0 Å². The summed E-state index contributed by atoms with van der Waals surface area (Å²) in [5.41, 5.74) is 1.16. The smallest absolute Gasteiger partial charge is 0.313 e. The topological polar surface area (TPSA) is 49.4 Å². The van der Waals surface area contributed by atoms with E-state index in [1.807, 2.05) is 6.92 Å². The van der Waals surface area contributed by atoms with Gasteiger partial charge in [-0.1, -0.05) is 25.0 Å². The van der Waals surface area contributed by atoms with E-state index in [0.29, 0.717) is 17.8 Å². The molecule has 4 nitrogen and oxygen atoms in total. The van der Waals surface area contributed by atoms with Crippen molar-refractivity contribution in [3.63, 3.8) is 0 Å². The molecule has 1 aromatic rings. The van der Waals surface area contributed by atoms with Gasteiger partial charge in [-0.2, -0.15) is 0 Å². The molecule has 0 atom stereocenters. The number of Topliss-reactive ketones (excluding diaryl/α,β-unsaturated/α-hetero) is 1. The number of ketones is 1. The van der Waals surface area contributed by atoms with E-state index in [1.54, 1.807) is 29.2 Å². The molecule has 1 aromatic carbocycles. The Morgan fingerprint density at radius 3 is 2.74 bits per heavy atom. The van der Waals surface area contributed by atoms with E-state index in [9.17, 15) is 9.59 Å². The van der Waals surface area contributed by atoms with Gasteiger partial charge in [0.25, 0.3) is 0 Å². The molecule has 2 amide bonds. The molecule has 0 saturated carbocycles. The molecular weight excluding hydrogens is 240 g/mol. The second-order valence-corrected chi connectivity index (χ2v) is 4.19. The Morgan fingerprint density at radius 2 is 2.16 bits per heavy atom. The number of hydrogen-bond donors (Lipinski definition) is 1. The molecule has 0 bridgehead atoms. The summed E-state index contributed by atoms with van der Waals surface area (Å²) in [6.07, 6.45) is 6.07. The van der Waals surface area contributed by atoms with Crippen LogP contribution in [0.15, 0.2) is 24.3 Å². The number of nitrogens with zero attached hydrogens (tertiary/aromatic N) is 1. The molecule has 100 valence electrons. The number of carbonyl (C=O) groups excluding carboxylic acids is 2. The molecule has 1 N–H and O–H groups in total. The van der Waals surface area contributed by atoms with Crippen molar-refractivity contribution in [2.45, 2.75) is 20.3 Å². The first kappa shape index (κ1) is 14.8. The summed E-state index contributed by atoms with van der Waals surface area (Å²) in [7, 11) is 0. The SMILES string of the molecule is C#CCN(CCC)C(=O)Nc1cccc(C(C)=O)c1. The van der Waals surface area contributed by atoms with Crippen LogP contribution in [0.1, 0.15) is 30.6 Å². The van der Waals surface area contributed by atoms with Crippen LogP contribution < -0.4 is 5.32 Å². The zero-order chi connectivity index (χ0) is 14.3. The Kier molecular flexibility index (Phi) is 5.62. The largest absolute Gasteiger partial charge is 0.322 e. The molecule has 0 aliphatic carbocycles. The number of anilines is 1. The van der Waals surface area contributed by atoms with Crippen molar-refractivity contribution >= 4 is 17.5 Å². The third-order valence-electron chi connectivity index (χ3n) is 2.58. The molecule has 0 aliphatic heterocycles. The highest BCUT2D eigenvalue weighted by atomic mass is 16.2. The van der Waals surface area contributed by atoms with Gasteiger partial charge >= 0.3 is 6.03 Å². The number of benzene rings is 1. The van der Waals surface area contributed by atoms with Gasteiger partial charge in [-0.3, -0.25) is 4.79 Å². The number of nitrogens with one attached hydrogen (secondary N) is 1. The molecule has 0 aromatic heterocycles. The third kappa shape index (κ3) is 4.47. The summed E-state index contributed by atoms with van der Waals surface area (Å²) in [5.74, 6) is 2.42. The van der Waals surface area contributed by atoms with Gasteiger partial charge in [-0.25, -0.2) is 4.79 Å². The first-order valence-electron chi connectivity index (χ1n) is 6.19. The van der Waals surface area contributed by atoms with Gasteiger partial charge in [0, 0.05) is 17.8 Å². The van der Waals surface area contributed by atoms with E-state index in [4.69, 9.17) is 6.42 Å². The third-order valence-corrected chi connectivity index (χ3v) is 2.58. The van der Waals surface area contributed by atoms with Crippen molar-refractivity contribution in [3.05, 3.63) is 29.8 Å². The second-order valence-electron chi connectivity index (χ2n) is 4.19. The summed E-state index contributed by atoms with van der Waals surface area (Å²) in [5, 5.41) is 2.75. The summed E-state index contributed by atoms with van der Waals surface area (Å²) < 4.78 is 0. The van der Waals surface area contributed by atoms with Crippen LogP contribution in [0.3, 0.4) is 0 Å². The van der Waals surface area contributed by atoms with Crippen LogP contribution >= 0.6 is 0 Å². The molecule has 0 aliphatic rings. The Balaban J connectivity index is 2.77. The van der Waals surface area contributed by atoms with Crippen molar-refractivity contribution in [2.75, 3.05) is 18.4 Å². The zero-order valence-corrected chi connectivity index (χ0v) is 11.3. The van der Waals surface area contributed by atoms with Gasteiger partial charge < -0.3 is 10.2 Å². The molecule has 0 saturated heterocycles. The highest BCUT2D eigenvalue weighted by Gasteiger charge is 2.11.